The molecular formula is C14H24N2. The summed E-state index contributed by atoms with van der Waals surface area (Å²) in [4.78, 5) is 2.51. The van der Waals surface area contributed by atoms with Gasteiger partial charge in [-0.3, -0.25) is 4.90 Å². The average molecular weight is 220 g/mol. The summed E-state index contributed by atoms with van der Waals surface area (Å²) in [7, 11) is 2.01. The molecule has 2 heteroatoms. The zero-order chi connectivity index (χ0) is 12.0. The largest absolute Gasteiger partial charge is 0.319 e. The molecule has 1 aliphatic heterocycles. The van der Waals surface area contributed by atoms with Crippen LogP contribution in [0.3, 0.4) is 0 Å². The molecule has 0 aliphatic carbocycles. The summed E-state index contributed by atoms with van der Waals surface area (Å²) in [6, 6.07) is 0. The van der Waals surface area contributed by atoms with E-state index in [1.807, 2.05) is 19.2 Å². The van der Waals surface area contributed by atoms with Crippen molar-refractivity contribution in [1.82, 2.24) is 10.2 Å². The van der Waals surface area contributed by atoms with Gasteiger partial charge in [-0.2, -0.15) is 0 Å². The molecule has 0 spiro atoms. The minimum atomic E-state index is 0.696. The molecule has 2 nitrogen and oxygen atoms in total. The van der Waals surface area contributed by atoms with Gasteiger partial charge in [0.15, 0.2) is 0 Å². The summed E-state index contributed by atoms with van der Waals surface area (Å²) in [6.45, 7) is 14.4. The van der Waals surface area contributed by atoms with E-state index in [0.29, 0.717) is 5.92 Å². The molecule has 1 rings (SSSR count). The molecule has 90 valence electrons. The first-order valence-corrected chi connectivity index (χ1v) is 6.05. The summed E-state index contributed by atoms with van der Waals surface area (Å²) < 4.78 is 0. The highest BCUT2D eigenvalue weighted by molar-refractivity contribution is 5.34. The van der Waals surface area contributed by atoms with Crippen molar-refractivity contribution in [3.05, 3.63) is 36.5 Å². The lowest BCUT2D eigenvalue weighted by molar-refractivity contribution is 0.248. The zero-order valence-electron chi connectivity index (χ0n) is 10.6. The van der Waals surface area contributed by atoms with Crippen LogP contribution in [0.4, 0.5) is 0 Å². The fourth-order valence-electron chi connectivity index (χ4n) is 2.30. The Kier molecular flexibility index (Phi) is 5.50. The fourth-order valence-corrected chi connectivity index (χ4v) is 2.30. The van der Waals surface area contributed by atoms with Crippen molar-refractivity contribution in [3.8, 4) is 0 Å². The van der Waals surface area contributed by atoms with Crippen LogP contribution >= 0.6 is 0 Å². The third-order valence-corrected chi connectivity index (χ3v) is 3.12. The van der Waals surface area contributed by atoms with E-state index in [2.05, 4.69) is 30.3 Å². The van der Waals surface area contributed by atoms with Gasteiger partial charge in [-0.1, -0.05) is 32.2 Å². The predicted octanol–water partition coefficient (Wildman–Crippen LogP) is 2.22. The minimum Gasteiger partial charge on any atom is -0.319 e. The fraction of sp³-hybridized carbons (Fsp3) is 0.571. The maximum atomic E-state index is 3.89. The Morgan fingerprint density at radius 1 is 1.38 bits per heavy atom. The van der Waals surface area contributed by atoms with Crippen LogP contribution in [0.1, 0.15) is 13.3 Å². The molecule has 1 heterocycles. The molecule has 1 unspecified atom stereocenters. The topological polar surface area (TPSA) is 15.3 Å². The van der Waals surface area contributed by atoms with E-state index in [-0.39, 0.29) is 0 Å². The molecule has 0 saturated heterocycles. The van der Waals surface area contributed by atoms with Crippen LogP contribution in [-0.2, 0) is 0 Å². The number of nitrogens with one attached hydrogen (secondary N) is 1. The van der Waals surface area contributed by atoms with Gasteiger partial charge >= 0.3 is 0 Å². The summed E-state index contributed by atoms with van der Waals surface area (Å²) >= 11 is 0. The van der Waals surface area contributed by atoms with E-state index < -0.39 is 0 Å². The monoisotopic (exact) mass is 220 g/mol. The van der Waals surface area contributed by atoms with Crippen LogP contribution in [0.25, 0.3) is 0 Å². The number of rotatable bonds is 6. The molecule has 0 bridgehead atoms. The first kappa shape index (κ1) is 13.2. The van der Waals surface area contributed by atoms with Crippen molar-refractivity contribution in [2.45, 2.75) is 13.3 Å². The van der Waals surface area contributed by atoms with Crippen molar-refractivity contribution in [1.29, 1.82) is 0 Å². The van der Waals surface area contributed by atoms with Gasteiger partial charge in [0.2, 0.25) is 0 Å². The van der Waals surface area contributed by atoms with E-state index >= 15 is 0 Å². The van der Waals surface area contributed by atoms with E-state index in [1.165, 1.54) is 11.1 Å². The van der Waals surface area contributed by atoms with Crippen LogP contribution in [0, 0.1) is 5.92 Å². The van der Waals surface area contributed by atoms with Gasteiger partial charge < -0.3 is 5.32 Å². The second kappa shape index (κ2) is 6.66. The summed E-state index contributed by atoms with van der Waals surface area (Å²) in [5.74, 6) is 0.696. The maximum absolute atomic E-state index is 3.89. The SMILES string of the molecule is C=CC1=C(C=C)CN(CC(C)CNC)CC1. The molecule has 1 N–H and O–H groups in total. The second-order valence-corrected chi connectivity index (χ2v) is 4.61. The van der Waals surface area contributed by atoms with Crippen LogP contribution in [0.5, 0.6) is 0 Å². The maximum Gasteiger partial charge on any atom is 0.0236 e. The molecule has 16 heavy (non-hydrogen) atoms. The number of hydrogen-bond donors (Lipinski definition) is 1. The minimum absolute atomic E-state index is 0.696. The quantitative estimate of drug-likeness (QED) is 0.738. The van der Waals surface area contributed by atoms with Gasteiger partial charge in [0.25, 0.3) is 0 Å². The molecule has 0 aromatic rings. The Labute approximate surface area is 99.7 Å². The number of nitrogens with zero attached hydrogens (tertiary/aromatic N) is 1. The molecule has 0 aromatic heterocycles. The third-order valence-electron chi connectivity index (χ3n) is 3.12. The molecule has 0 radical (unpaired) electrons. The van der Waals surface area contributed by atoms with E-state index in [4.69, 9.17) is 0 Å². The standard InChI is InChI=1S/C14H24N2/c1-5-13-7-8-16(11-14(13)6-2)10-12(3)9-15-4/h5-6,12,15H,1-2,7-11H2,3-4H3. The van der Waals surface area contributed by atoms with E-state index in [9.17, 15) is 0 Å². The Bertz CT molecular complexity index is 278. The zero-order valence-corrected chi connectivity index (χ0v) is 10.6. The normalized spacial score (nSPS) is 19.6. The molecule has 0 aromatic carbocycles. The number of allylic oxidation sites excluding steroid dienone is 1. The molecule has 1 atom stereocenters. The highest BCUT2D eigenvalue weighted by atomic mass is 15.1. The molecule has 1 aliphatic rings. The highest BCUT2D eigenvalue weighted by Gasteiger charge is 2.17. The average Bonchev–Trinajstić information content (AvgIpc) is 2.29. The summed E-state index contributed by atoms with van der Waals surface area (Å²) in [5.41, 5.74) is 2.71. The van der Waals surface area contributed by atoms with Crippen LogP contribution < -0.4 is 5.32 Å². The Morgan fingerprint density at radius 3 is 2.62 bits per heavy atom. The molecule has 0 saturated carbocycles. The van der Waals surface area contributed by atoms with Gasteiger partial charge in [0.1, 0.15) is 0 Å². The Balaban J connectivity index is 2.53. The predicted molar refractivity (Wildman–Crippen MR) is 71.6 cm³/mol. The van der Waals surface area contributed by atoms with Crippen molar-refractivity contribution in [2.24, 2.45) is 5.92 Å². The van der Waals surface area contributed by atoms with Crippen molar-refractivity contribution < 1.29 is 0 Å². The first-order valence-electron chi connectivity index (χ1n) is 6.05. The Morgan fingerprint density at radius 2 is 2.06 bits per heavy atom. The van der Waals surface area contributed by atoms with Crippen LogP contribution in [0.15, 0.2) is 36.5 Å². The van der Waals surface area contributed by atoms with Crippen LogP contribution in [0.2, 0.25) is 0 Å². The van der Waals surface area contributed by atoms with Crippen molar-refractivity contribution in [3.63, 3.8) is 0 Å². The first-order chi connectivity index (χ1) is 7.71. The van der Waals surface area contributed by atoms with Crippen molar-refractivity contribution >= 4 is 0 Å². The number of hydrogen-bond acceptors (Lipinski definition) is 2. The molecular weight excluding hydrogens is 196 g/mol. The summed E-state index contributed by atoms with van der Waals surface area (Å²) in [6.07, 6.45) is 5.06. The smallest absolute Gasteiger partial charge is 0.0236 e. The molecule has 0 amide bonds. The second-order valence-electron chi connectivity index (χ2n) is 4.61. The van der Waals surface area contributed by atoms with Gasteiger partial charge in [0.05, 0.1) is 0 Å². The van der Waals surface area contributed by atoms with Crippen molar-refractivity contribution in [2.75, 3.05) is 33.2 Å². The van der Waals surface area contributed by atoms with Crippen LogP contribution in [-0.4, -0.2) is 38.1 Å². The third kappa shape index (κ3) is 3.62. The van der Waals surface area contributed by atoms with Gasteiger partial charge in [-0.25, -0.2) is 0 Å². The Hall–Kier alpha value is -0.860. The van der Waals surface area contributed by atoms with Gasteiger partial charge in [-0.05, 0) is 37.1 Å². The molecule has 0 fully saturated rings. The van der Waals surface area contributed by atoms with E-state index in [0.717, 1.165) is 32.6 Å². The van der Waals surface area contributed by atoms with E-state index in [1.54, 1.807) is 0 Å². The lowest BCUT2D eigenvalue weighted by atomic mass is 9.99. The lowest BCUT2D eigenvalue weighted by Gasteiger charge is -2.31. The highest BCUT2D eigenvalue weighted by Crippen LogP contribution is 2.20. The van der Waals surface area contributed by atoms with Gasteiger partial charge in [-0.15, -0.1) is 0 Å². The summed E-state index contributed by atoms with van der Waals surface area (Å²) in [5, 5.41) is 3.23. The van der Waals surface area contributed by atoms with Gasteiger partial charge in [0, 0.05) is 19.6 Å². The lowest BCUT2D eigenvalue weighted by Crippen LogP contribution is -2.37.